The minimum Gasteiger partial charge on any atom is -0.347 e. The maximum atomic E-state index is 6.35. The molecule has 1 aliphatic heterocycles. The van der Waals surface area contributed by atoms with Crippen LogP contribution in [0.25, 0.3) is 0 Å². The second-order valence-corrected chi connectivity index (χ2v) is 12.9. The van der Waals surface area contributed by atoms with Crippen LogP contribution >= 0.6 is 0 Å². The summed E-state index contributed by atoms with van der Waals surface area (Å²) in [6.07, 6.45) is 7.34. The molecule has 3 aliphatic carbocycles. The molecule has 204 valence electrons. The van der Waals surface area contributed by atoms with Crippen LogP contribution in [-0.2, 0) is 29.0 Å². The minimum atomic E-state index is -0.302. The molecular formula is C36H43NO2. The molecule has 0 amide bonds. The summed E-state index contributed by atoms with van der Waals surface area (Å²) in [6.45, 7) is 8.32. The number of benzene rings is 3. The van der Waals surface area contributed by atoms with Crippen LogP contribution in [0.2, 0.25) is 0 Å². The van der Waals surface area contributed by atoms with Gasteiger partial charge in [0, 0.05) is 31.0 Å². The Morgan fingerprint density at radius 2 is 1.49 bits per heavy atom. The zero-order chi connectivity index (χ0) is 26.5. The second-order valence-electron chi connectivity index (χ2n) is 12.9. The molecule has 39 heavy (non-hydrogen) atoms. The summed E-state index contributed by atoms with van der Waals surface area (Å²) in [5, 5.41) is 0. The number of nitrogens with zero attached hydrogens (tertiary/aromatic N) is 1. The van der Waals surface area contributed by atoms with Crippen molar-refractivity contribution in [3.63, 3.8) is 0 Å². The molecule has 0 bridgehead atoms. The van der Waals surface area contributed by atoms with Crippen LogP contribution in [-0.4, -0.2) is 23.9 Å². The van der Waals surface area contributed by atoms with E-state index in [1.54, 1.807) is 11.1 Å². The summed E-state index contributed by atoms with van der Waals surface area (Å²) in [6, 6.07) is 29.7. The molecule has 0 radical (unpaired) electrons. The van der Waals surface area contributed by atoms with Crippen molar-refractivity contribution in [3.05, 3.63) is 107 Å². The fourth-order valence-electron chi connectivity index (χ4n) is 8.92. The van der Waals surface area contributed by atoms with Crippen LogP contribution in [0.4, 0.5) is 0 Å². The van der Waals surface area contributed by atoms with E-state index in [-0.39, 0.29) is 11.2 Å². The van der Waals surface area contributed by atoms with Gasteiger partial charge in [-0.3, -0.25) is 4.90 Å². The standard InChI is InChI=1S/C36H43NO2/c1-26(37(24-27-9-5-3-6-10-27)25-28-11-7-4-8-12-28)29-13-15-31-30(23-29)14-16-33-32(31)17-19-35(2)34(33)18-20-36(35)38-21-22-39-36/h3-13,15,23,26,32-34H,14,16-22,24-25H2,1-2H3/t26-,32-,33-,34+,35+/m1/s1. The van der Waals surface area contributed by atoms with Crippen LogP contribution < -0.4 is 0 Å². The highest BCUT2D eigenvalue weighted by Gasteiger charge is 2.65. The number of ether oxygens (including phenoxy) is 2. The topological polar surface area (TPSA) is 21.7 Å². The van der Waals surface area contributed by atoms with Gasteiger partial charge in [-0.2, -0.15) is 0 Å². The smallest absolute Gasteiger partial charge is 0.174 e. The molecule has 3 heteroatoms. The Labute approximate surface area is 234 Å². The third-order valence-electron chi connectivity index (χ3n) is 11.0. The molecule has 3 aromatic rings. The first kappa shape index (κ1) is 25.5. The highest BCUT2D eigenvalue weighted by atomic mass is 16.7. The van der Waals surface area contributed by atoms with Gasteiger partial charge in [-0.15, -0.1) is 0 Å². The molecule has 0 aromatic heterocycles. The molecule has 0 N–H and O–H groups in total. The maximum absolute atomic E-state index is 6.35. The van der Waals surface area contributed by atoms with Crippen molar-refractivity contribution in [1.29, 1.82) is 0 Å². The third kappa shape index (κ3) is 4.38. The zero-order valence-electron chi connectivity index (χ0n) is 23.6. The van der Waals surface area contributed by atoms with Gasteiger partial charge in [-0.05, 0) is 84.6 Å². The molecule has 1 saturated heterocycles. The largest absolute Gasteiger partial charge is 0.347 e. The maximum Gasteiger partial charge on any atom is 0.174 e. The first-order valence-electron chi connectivity index (χ1n) is 15.3. The van der Waals surface area contributed by atoms with E-state index in [4.69, 9.17) is 9.47 Å². The second kappa shape index (κ2) is 10.2. The average molecular weight is 522 g/mol. The van der Waals surface area contributed by atoms with Crippen LogP contribution in [0, 0.1) is 17.3 Å². The lowest BCUT2D eigenvalue weighted by atomic mass is 9.54. The molecule has 1 heterocycles. The Morgan fingerprint density at radius 1 is 0.821 bits per heavy atom. The summed E-state index contributed by atoms with van der Waals surface area (Å²) in [5.41, 5.74) is 7.60. The average Bonchev–Trinajstić information content (AvgIpc) is 3.58. The van der Waals surface area contributed by atoms with E-state index < -0.39 is 0 Å². The third-order valence-corrected chi connectivity index (χ3v) is 11.0. The summed E-state index contributed by atoms with van der Waals surface area (Å²) in [4.78, 5) is 2.63. The number of hydrogen-bond acceptors (Lipinski definition) is 3. The van der Waals surface area contributed by atoms with Gasteiger partial charge in [0.15, 0.2) is 5.79 Å². The highest BCUT2D eigenvalue weighted by molar-refractivity contribution is 5.39. The lowest BCUT2D eigenvalue weighted by molar-refractivity contribution is -0.237. The van der Waals surface area contributed by atoms with Gasteiger partial charge in [0.05, 0.1) is 13.2 Å². The predicted molar refractivity (Wildman–Crippen MR) is 156 cm³/mol. The lowest BCUT2D eigenvalue weighted by Crippen LogP contribution is -2.51. The molecule has 4 aliphatic rings. The molecular weight excluding hydrogens is 478 g/mol. The van der Waals surface area contributed by atoms with E-state index >= 15 is 0 Å². The summed E-state index contributed by atoms with van der Waals surface area (Å²) >= 11 is 0. The first-order chi connectivity index (χ1) is 19.1. The molecule has 1 spiro atoms. The highest BCUT2D eigenvalue weighted by Crippen LogP contribution is 2.66. The van der Waals surface area contributed by atoms with Crippen molar-refractivity contribution in [3.8, 4) is 0 Å². The summed E-state index contributed by atoms with van der Waals surface area (Å²) in [5.74, 6) is 1.87. The number of aryl methyl sites for hydroxylation is 1. The fourth-order valence-corrected chi connectivity index (χ4v) is 8.92. The molecule has 3 nitrogen and oxygen atoms in total. The molecule has 5 atom stereocenters. The van der Waals surface area contributed by atoms with E-state index in [1.165, 1.54) is 48.8 Å². The van der Waals surface area contributed by atoms with E-state index in [0.717, 1.165) is 38.6 Å². The van der Waals surface area contributed by atoms with Gasteiger partial charge < -0.3 is 9.47 Å². The van der Waals surface area contributed by atoms with Crippen molar-refractivity contribution in [2.75, 3.05) is 13.2 Å². The van der Waals surface area contributed by atoms with Gasteiger partial charge in [-0.25, -0.2) is 0 Å². The predicted octanol–water partition coefficient (Wildman–Crippen LogP) is 8.05. The van der Waals surface area contributed by atoms with Crippen molar-refractivity contribution in [2.24, 2.45) is 17.3 Å². The van der Waals surface area contributed by atoms with Gasteiger partial charge in [0.2, 0.25) is 0 Å². The minimum absolute atomic E-state index is 0.173. The first-order valence-corrected chi connectivity index (χ1v) is 15.3. The van der Waals surface area contributed by atoms with Crippen molar-refractivity contribution >= 4 is 0 Å². The van der Waals surface area contributed by atoms with Crippen molar-refractivity contribution in [2.45, 2.75) is 83.2 Å². The molecule has 2 saturated carbocycles. The Morgan fingerprint density at radius 3 is 2.15 bits per heavy atom. The van der Waals surface area contributed by atoms with E-state index in [1.807, 2.05) is 0 Å². The lowest BCUT2D eigenvalue weighted by Gasteiger charge is -2.52. The van der Waals surface area contributed by atoms with Crippen molar-refractivity contribution < 1.29 is 9.47 Å². The van der Waals surface area contributed by atoms with Crippen LogP contribution in [0.1, 0.15) is 85.7 Å². The Hall–Kier alpha value is -2.46. The molecule has 0 unspecified atom stereocenters. The van der Waals surface area contributed by atoms with Gasteiger partial charge in [-0.1, -0.05) is 85.8 Å². The normalized spacial score (nSPS) is 29.7. The Bertz CT molecular complexity index is 1240. The summed E-state index contributed by atoms with van der Waals surface area (Å²) in [7, 11) is 0. The molecule has 3 fully saturated rings. The number of fused-ring (bicyclic) bond motifs is 6. The van der Waals surface area contributed by atoms with E-state index in [0.29, 0.717) is 17.9 Å². The van der Waals surface area contributed by atoms with Crippen LogP contribution in [0.5, 0.6) is 0 Å². The fraction of sp³-hybridized carbons (Fsp3) is 0.500. The van der Waals surface area contributed by atoms with Gasteiger partial charge in [0.25, 0.3) is 0 Å². The molecule has 7 rings (SSSR count). The van der Waals surface area contributed by atoms with Crippen molar-refractivity contribution in [1.82, 2.24) is 4.90 Å². The SMILES string of the molecule is C[C@H](c1ccc2c(c1)CC[C@@H]1[C@@H]2CC[C@@]2(C)[C@H]1CCC21OCCO1)N(Cc1ccccc1)Cc1ccccc1. The number of hydrogen-bond donors (Lipinski definition) is 0. The van der Waals surface area contributed by atoms with Gasteiger partial charge in [0.1, 0.15) is 0 Å². The van der Waals surface area contributed by atoms with E-state index in [9.17, 15) is 0 Å². The number of rotatable bonds is 6. The Balaban J connectivity index is 1.14. The summed E-state index contributed by atoms with van der Waals surface area (Å²) < 4.78 is 12.7. The van der Waals surface area contributed by atoms with Crippen LogP contribution in [0.15, 0.2) is 78.9 Å². The quantitative estimate of drug-likeness (QED) is 0.328. The monoisotopic (exact) mass is 521 g/mol. The van der Waals surface area contributed by atoms with Crippen LogP contribution in [0.3, 0.4) is 0 Å². The molecule has 3 aromatic carbocycles. The van der Waals surface area contributed by atoms with E-state index in [2.05, 4.69) is 97.6 Å². The zero-order valence-corrected chi connectivity index (χ0v) is 23.6. The Kier molecular flexibility index (Phi) is 6.66. The van der Waals surface area contributed by atoms with Gasteiger partial charge >= 0.3 is 0 Å².